The van der Waals surface area contributed by atoms with Crippen LogP contribution >= 0.6 is 11.8 Å². The molecule has 0 aliphatic carbocycles. The van der Waals surface area contributed by atoms with Crippen LogP contribution < -0.4 is 4.74 Å². The third kappa shape index (κ3) is 4.56. The average Bonchev–Trinajstić information content (AvgIpc) is 3.09. The fourth-order valence-electron chi connectivity index (χ4n) is 1.90. The Labute approximate surface area is 142 Å². The van der Waals surface area contributed by atoms with Gasteiger partial charge in [-0.15, -0.1) is 10.2 Å². The van der Waals surface area contributed by atoms with Gasteiger partial charge in [-0.25, -0.2) is 4.39 Å². The maximum Gasteiger partial charge on any atom is 0.276 e. The third-order valence-corrected chi connectivity index (χ3v) is 4.05. The predicted molar refractivity (Wildman–Crippen MR) is 88.4 cm³/mol. The van der Waals surface area contributed by atoms with Crippen molar-refractivity contribution in [3.8, 4) is 17.2 Å². The summed E-state index contributed by atoms with van der Waals surface area (Å²) in [5, 5.41) is 18.1. The lowest BCUT2D eigenvalue weighted by molar-refractivity contribution is 0.126. The lowest BCUT2D eigenvalue weighted by Gasteiger charge is -2.10. The first-order chi connectivity index (χ1) is 11.7. The molecule has 1 N–H and O–H groups in total. The number of hydrogen-bond donors (Lipinski definition) is 1. The Balaban J connectivity index is 1.49. The Morgan fingerprint density at radius 1 is 1.08 bits per heavy atom. The molecule has 5 nitrogen and oxygen atoms in total. The van der Waals surface area contributed by atoms with Gasteiger partial charge in [-0.2, -0.15) is 0 Å². The number of thioether (sulfide) groups is 1. The van der Waals surface area contributed by atoms with Crippen LogP contribution in [-0.2, 0) is 0 Å². The molecule has 0 bridgehead atoms. The largest absolute Gasteiger partial charge is 0.491 e. The highest BCUT2D eigenvalue weighted by molar-refractivity contribution is 7.99. The Hall–Kier alpha value is -2.38. The van der Waals surface area contributed by atoms with Crippen LogP contribution in [0, 0.1) is 5.82 Å². The number of aromatic nitrogens is 2. The van der Waals surface area contributed by atoms with E-state index in [4.69, 9.17) is 9.15 Å². The summed E-state index contributed by atoms with van der Waals surface area (Å²) in [4.78, 5) is 0. The van der Waals surface area contributed by atoms with Crippen LogP contribution in [0.15, 0.2) is 64.2 Å². The fourth-order valence-corrected chi connectivity index (χ4v) is 2.57. The predicted octanol–water partition coefficient (Wildman–Crippen LogP) is 3.41. The second kappa shape index (κ2) is 7.94. The van der Waals surface area contributed by atoms with Crippen LogP contribution in [0.1, 0.15) is 0 Å². The van der Waals surface area contributed by atoms with E-state index in [9.17, 15) is 9.50 Å². The van der Waals surface area contributed by atoms with Crippen molar-refractivity contribution in [2.24, 2.45) is 0 Å². The second-order valence-electron chi connectivity index (χ2n) is 4.97. The van der Waals surface area contributed by atoms with Gasteiger partial charge >= 0.3 is 0 Å². The summed E-state index contributed by atoms with van der Waals surface area (Å²) in [6.07, 6.45) is -0.670. The number of hydrogen-bond acceptors (Lipinski definition) is 6. The number of para-hydroxylation sites is 1. The highest BCUT2D eigenvalue weighted by Gasteiger charge is 2.12. The van der Waals surface area contributed by atoms with E-state index in [1.807, 2.05) is 30.3 Å². The SMILES string of the molecule is O[C@@H](COc1ccccc1)CSc1nnc(-c2ccc(F)cc2)o1. The zero-order valence-electron chi connectivity index (χ0n) is 12.6. The minimum Gasteiger partial charge on any atom is -0.491 e. The molecule has 24 heavy (non-hydrogen) atoms. The summed E-state index contributed by atoms with van der Waals surface area (Å²) in [6.45, 7) is 0.177. The van der Waals surface area contributed by atoms with E-state index in [1.54, 1.807) is 12.1 Å². The van der Waals surface area contributed by atoms with E-state index in [-0.39, 0.29) is 12.4 Å². The molecule has 0 saturated heterocycles. The summed E-state index contributed by atoms with van der Waals surface area (Å²) in [6, 6.07) is 15.1. The smallest absolute Gasteiger partial charge is 0.276 e. The Kier molecular flexibility index (Phi) is 5.45. The lowest BCUT2D eigenvalue weighted by atomic mass is 10.2. The summed E-state index contributed by atoms with van der Waals surface area (Å²) in [7, 11) is 0. The number of ether oxygens (including phenoxy) is 1. The van der Waals surface area contributed by atoms with Gasteiger partial charge in [0.25, 0.3) is 5.22 Å². The molecule has 0 spiro atoms. The van der Waals surface area contributed by atoms with Gasteiger partial charge in [0.1, 0.15) is 18.2 Å². The molecule has 0 radical (unpaired) electrons. The van der Waals surface area contributed by atoms with Crippen molar-refractivity contribution in [3.63, 3.8) is 0 Å². The first-order valence-electron chi connectivity index (χ1n) is 7.29. The molecule has 3 rings (SSSR count). The number of aliphatic hydroxyl groups excluding tert-OH is 1. The van der Waals surface area contributed by atoms with Gasteiger partial charge in [0.05, 0.1) is 6.10 Å². The molecule has 7 heteroatoms. The topological polar surface area (TPSA) is 68.4 Å². The maximum atomic E-state index is 12.9. The van der Waals surface area contributed by atoms with Gasteiger partial charge in [-0.05, 0) is 36.4 Å². The molecule has 1 heterocycles. The molecule has 0 unspecified atom stereocenters. The summed E-state index contributed by atoms with van der Waals surface area (Å²) >= 11 is 1.24. The number of nitrogens with zero attached hydrogens (tertiary/aromatic N) is 2. The van der Waals surface area contributed by atoms with Crippen LogP contribution in [0.5, 0.6) is 5.75 Å². The highest BCUT2D eigenvalue weighted by atomic mass is 32.2. The second-order valence-corrected chi connectivity index (χ2v) is 5.94. The van der Waals surface area contributed by atoms with Gasteiger partial charge in [0, 0.05) is 11.3 Å². The number of halogens is 1. The van der Waals surface area contributed by atoms with Gasteiger partial charge in [0.15, 0.2) is 0 Å². The van der Waals surface area contributed by atoms with E-state index in [1.165, 1.54) is 23.9 Å². The van der Waals surface area contributed by atoms with Crippen molar-refractivity contribution in [2.75, 3.05) is 12.4 Å². The lowest BCUT2D eigenvalue weighted by Crippen LogP contribution is -2.20. The molecule has 0 saturated carbocycles. The Morgan fingerprint density at radius 2 is 1.83 bits per heavy atom. The van der Waals surface area contributed by atoms with E-state index in [0.717, 1.165) is 0 Å². The van der Waals surface area contributed by atoms with Crippen LogP contribution in [0.3, 0.4) is 0 Å². The van der Waals surface area contributed by atoms with Crippen LogP contribution in [0.2, 0.25) is 0 Å². The van der Waals surface area contributed by atoms with Crippen molar-refractivity contribution in [3.05, 3.63) is 60.4 Å². The Morgan fingerprint density at radius 3 is 2.58 bits per heavy atom. The zero-order valence-corrected chi connectivity index (χ0v) is 13.4. The third-order valence-electron chi connectivity index (χ3n) is 3.08. The van der Waals surface area contributed by atoms with Gasteiger partial charge in [0.2, 0.25) is 5.89 Å². The number of benzene rings is 2. The molecule has 0 aliphatic rings. The van der Waals surface area contributed by atoms with E-state index < -0.39 is 6.10 Å². The van der Waals surface area contributed by atoms with Crippen LogP contribution in [-0.4, -0.2) is 33.8 Å². The standard InChI is InChI=1S/C17H15FN2O3S/c18-13-8-6-12(7-9-13)16-19-20-17(23-16)24-11-14(21)10-22-15-4-2-1-3-5-15/h1-9,14,21H,10-11H2/t14-/m0/s1. The number of aliphatic hydroxyl groups is 1. The van der Waals surface area contributed by atoms with Crippen molar-refractivity contribution in [1.29, 1.82) is 0 Å². The van der Waals surface area contributed by atoms with Crippen molar-refractivity contribution in [2.45, 2.75) is 11.3 Å². The molecular weight excluding hydrogens is 331 g/mol. The number of rotatable bonds is 7. The van der Waals surface area contributed by atoms with Crippen molar-refractivity contribution >= 4 is 11.8 Å². The molecule has 124 valence electrons. The fraction of sp³-hybridized carbons (Fsp3) is 0.176. The van der Waals surface area contributed by atoms with E-state index >= 15 is 0 Å². The van der Waals surface area contributed by atoms with Crippen LogP contribution in [0.4, 0.5) is 4.39 Å². The molecule has 0 amide bonds. The first-order valence-corrected chi connectivity index (χ1v) is 8.27. The normalized spacial score (nSPS) is 12.1. The average molecular weight is 346 g/mol. The van der Waals surface area contributed by atoms with Gasteiger partial charge in [-0.1, -0.05) is 30.0 Å². The van der Waals surface area contributed by atoms with Crippen molar-refractivity contribution in [1.82, 2.24) is 10.2 Å². The van der Waals surface area contributed by atoms with Crippen molar-refractivity contribution < 1.29 is 18.7 Å². The highest BCUT2D eigenvalue weighted by Crippen LogP contribution is 2.23. The monoisotopic (exact) mass is 346 g/mol. The zero-order chi connectivity index (χ0) is 16.8. The van der Waals surface area contributed by atoms with E-state index in [0.29, 0.717) is 28.2 Å². The quantitative estimate of drug-likeness (QED) is 0.661. The molecule has 1 aromatic heterocycles. The molecule has 0 aliphatic heterocycles. The summed E-state index contributed by atoms with van der Waals surface area (Å²) in [5.74, 6) is 1.05. The summed E-state index contributed by atoms with van der Waals surface area (Å²) < 4.78 is 23.9. The molecule has 3 aromatic rings. The minimum absolute atomic E-state index is 0.177. The van der Waals surface area contributed by atoms with Gasteiger partial charge in [-0.3, -0.25) is 0 Å². The van der Waals surface area contributed by atoms with Gasteiger partial charge < -0.3 is 14.3 Å². The minimum atomic E-state index is -0.670. The maximum absolute atomic E-state index is 12.9. The Bertz CT molecular complexity index is 765. The summed E-state index contributed by atoms with van der Waals surface area (Å²) in [5.41, 5.74) is 0.642. The first kappa shape index (κ1) is 16.5. The molecule has 0 fully saturated rings. The molecular formula is C17H15FN2O3S. The molecule has 2 aromatic carbocycles. The van der Waals surface area contributed by atoms with E-state index in [2.05, 4.69) is 10.2 Å². The molecule has 1 atom stereocenters. The van der Waals surface area contributed by atoms with Crippen LogP contribution in [0.25, 0.3) is 11.5 Å².